The van der Waals surface area contributed by atoms with Crippen molar-refractivity contribution in [2.45, 2.75) is 12.8 Å². The maximum absolute atomic E-state index is 5.62. The van der Waals surface area contributed by atoms with Gasteiger partial charge >= 0.3 is 0 Å². The lowest BCUT2D eigenvalue weighted by Crippen LogP contribution is -2.24. The van der Waals surface area contributed by atoms with Gasteiger partial charge in [0.25, 0.3) is 0 Å². The van der Waals surface area contributed by atoms with Crippen molar-refractivity contribution in [2.75, 3.05) is 25.1 Å². The maximum atomic E-state index is 5.62. The first kappa shape index (κ1) is 13.8. The molecule has 0 aliphatic carbocycles. The second-order valence-corrected chi connectivity index (χ2v) is 5.82. The number of rotatable bonds is 4. The summed E-state index contributed by atoms with van der Waals surface area (Å²) in [6.07, 6.45) is 2.40. The van der Waals surface area contributed by atoms with E-state index in [4.69, 9.17) is 22.7 Å². The Bertz CT molecular complexity index is 433. The van der Waals surface area contributed by atoms with Gasteiger partial charge in [-0.2, -0.15) is 0 Å². The zero-order valence-electron chi connectivity index (χ0n) is 10.1. The first-order valence-electron chi connectivity index (χ1n) is 6.08. The van der Waals surface area contributed by atoms with Crippen LogP contribution in [-0.2, 0) is 4.74 Å². The first-order chi connectivity index (χ1) is 8.66. The number of hydrogen-bond donors (Lipinski definition) is 2. The van der Waals surface area contributed by atoms with E-state index in [0.29, 0.717) is 10.9 Å². The van der Waals surface area contributed by atoms with Crippen LogP contribution in [0.1, 0.15) is 18.4 Å². The minimum Gasteiger partial charge on any atom is -0.389 e. The summed E-state index contributed by atoms with van der Waals surface area (Å²) in [5, 5.41) is 3.43. The van der Waals surface area contributed by atoms with Gasteiger partial charge in [-0.15, -0.1) is 0 Å². The molecular formula is C13H17BrN2OS. The van der Waals surface area contributed by atoms with Crippen molar-refractivity contribution in [2.24, 2.45) is 11.7 Å². The van der Waals surface area contributed by atoms with Crippen LogP contribution in [-0.4, -0.2) is 24.7 Å². The fourth-order valence-electron chi connectivity index (χ4n) is 2.06. The van der Waals surface area contributed by atoms with E-state index >= 15 is 0 Å². The molecule has 0 saturated carbocycles. The molecule has 5 heteroatoms. The highest BCUT2D eigenvalue weighted by molar-refractivity contribution is 9.10. The van der Waals surface area contributed by atoms with Crippen LogP contribution in [0.2, 0.25) is 0 Å². The standard InChI is InChI=1S/C13H17BrN2OS/c14-12-6-10(3-4-11(12)13(15)18)16-7-9-2-1-5-17-8-9/h3-4,6,9,16H,1-2,5,7-8H2,(H2,15,18). The van der Waals surface area contributed by atoms with Crippen LogP contribution in [0.15, 0.2) is 22.7 Å². The van der Waals surface area contributed by atoms with E-state index < -0.39 is 0 Å². The van der Waals surface area contributed by atoms with Crippen molar-refractivity contribution in [1.29, 1.82) is 0 Å². The average molecular weight is 329 g/mol. The molecule has 2 rings (SSSR count). The molecule has 1 fully saturated rings. The number of thiocarbonyl (C=S) groups is 1. The van der Waals surface area contributed by atoms with E-state index in [1.807, 2.05) is 18.2 Å². The van der Waals surface area contributed by atoms with E-state index in [1.54, 1.807) is 0 Å². The zero-order valence-corrected chi connectivity index (χ0v) is 12.5. The number of anilines is 1. The Hall–Kier alpha value is -0.650. The predicted octanol–water partition coefficient (Wildman–Crippen LogP) is 2.92. The summed E-state index contributed by atoms with van der Waals surface area (Å²) in [6, 6.07) is 5.95. The lowest BCUT2D eigenvalue weighted by molar-refractivity contribution is 0.0595. The Morgan fingerprint density at radius 1 is 1.56 bits per heavy atom. The van der Waals surface area contributed by atoms with E-state index in [-0.39, 0.29) is 0 Å². The third-order valence-electron chi connectivity index (χ3n) is 3.08. The molecule has 1 saturated heterocycles. The van der Waals surface area contributed by atoms with Crippen molar-refractivity contribution in [3.8, 4) is 0 Å². The Labute approximate surface area is 121 Å². The highest BCUT2D eigenvalue weighted by Crippen LogP contribution is 2.22. The Kier molecular flexibility index (Phi) is 4.97. The molecule has 0 radical (unpaired) electrons. The summed E-state index contributed by atoms with van der Waals surface area (Å²) in [5.74, 6) is 0.604. The number of benzene rings is 1. The van der Waals surface area contributed by atoms with Crippen molar-refractivity contribution in [3.63, 3.8) is 0 Å². The maximum Gasteiger partial charge on any atom is 0.105 e. The molecule has 0 bridgehead atoms. The lowest BCUT2D eigenvalue weighted by Gasteiger charge is -2.22. The van der Waals surface area contributed by atoms with Gasteiger partial charge in [0.05, 0.1) is 6.61 Å². The Morgan fingerprint density at radius 3 is 3.00 bits per heavy atom. The highest BCUT2D eigenvalue weighted by Gasteiger charge is 2.13. The average Bonchev–Trinajstić information content (AvgIpc) is 2.37. The number of halogens is 1. The van der Waals surface area contributed by atoms with Gasteiger partial charge < -0.3 is 15.8 Å². The smallest absolute Gasteiger partial charge is 0.105 e. The molecular weight excluding hydrogens is 312 g/mol. The third-order valence-corrected chi connectivity index (χ3v) is 3.96. The quantitative estimate of drug-likeness (QED) is 0.834. The third kappa shape index (κ3) is 3.67. The normalized spacial score (nSPS) is 19.5. The summed E-state index contributed by atoms with van der Waals surface area (Å²) in [4.78, 5) is 0.411. The second-order valence-electron chi connectivity index (χ2n) is 4.52. The molecule has 3 nitrogen and oxygen atoms in total. The van der Waals surface area contributed by atoms with Crippen molar-refractivity contribution in [3.05, 3.63) is 28.2 Å². The van der Waals surface area contributed by atoms with Gasteiger partial charge in [0, 0.05) is 28.9 Å². The molecule has 0 aromatic heterocycles. The van der Waals surface area contributed by atoms with Crippen LogP contribution in [0.5, 0.6) is 0 Å². The predicted molar refractivity (Wildman–Crippen MR) is 82.1 cm³/mol. The molecule has 1 aromatic carbocycles. The van der Waals surface area contributed by atoms with Gasteiger partial charge in [0.2, 0.25) is 0 Å². The van der Waals surface area contributed by atoms with Gasteiger partial charge in [0.1, 0.15) is 4.99 Å². The Morgan fingerprint density at radius 2 is 2.39 bits per heavy atom. The van der Waals surface area contributed by atoms with Crippen molar-refractivity contribution in [1.82, 2.24) is 0 Å². The molecule has 1 heterocycles. The lowest BCUT2D eigenvalue weighted by atomic mass is 10.0. The molecule has 0 amide bonds. The van der Waals surface area contributed by atoms with E-state index in [9.17, 15) is 0 Å². The molecule has 3 N–H and O–H groups in total. The minimum absolute atomic E-state index is 0.411. The van der Waals surface area contributed by atoms with Gasteiger partial charge in [-0.1, -0.05) is 12.2 Å². The summed E-state index contributed by atoms with van der Waals surface area (Å²) < 4.78 is 6.39. The number of hydrogen-bond acceptors (Lipinski definition) is 3. The van der Waals surface area contributed by atoms with E-state index in [0.717, 1.165) is 41.9 Å². The fourth-order valence-corrected chi connectivity index (χ4v) is 2.96. The summed E-state index contributed by atoms with van der Waals surface area (Å²) >= 11 is 8.45. The van der Waals surface area contributed by atoms with Crippen LogP contribution in [0.3, 0.4) is 0 Å². The largest absolute Gasteiger partial charge is 0.389 e. The number of nitrogens with one attached hydrogen (secondary N) is 1. The molecule has 1 aromatic rings. The molecule has 1 atom stereocenters. The molecule has 0 spiro atoms. The van der Waals surface area contributed by atoms with Gasteiger partial charge in [-0.3, -0.25) is 0 Å². The highest BCUT2D eigenvalue weighted by atomic mass is 79.9. The van der Waals surface area contributed by atoms with Gasteiger partial charge in [-0.25, -0.2) is 0 Å². The van der Waals surface area contributed by atoms with Gasteiger partial charge in [-0.05, 0) is 52.9 Å². The molecule has 1 aliphatic rings. The molecule has 1 aliphatic heterocycles. The van der Waals surface area contributed by atoms with Crippen LogP contribution >= 0.6 is 28.1 Å². The SMILES string of the molecule is NC(=S)c1ccc(NCC2CCCOC2)cc1Br. The zero-order chi connectivity index (χ0) is 13.0. The van der Waals surface area contributed by atoms with Crippen LogP contribution in [0.25, 0.3) is 0 Å². The first-order valence-corrected chi connectivity index (χ1v) is 7.28. The van der Waals surface area contributed by atoms with Gasteiger partial charge in [0.15, 0.2) is 0 Å². The minimum atomic E-state index is 0.411. The van der Waals surface area contributed by atoms with E-state index in [1.165, 1.54) is 6.42 Å². The monoisotopic (exact) mass is 328 g/mol. The molecule has 18 heavy (non-hydrogen) atoms. The summed E-state index contributed by atoms with van der Waals surface area (Å²) in [5.41, 5.74) is 7.57. The van der Waals surface area contributed by atoms with Crippen molar-refractivity contribution < 1.29 is 4.74 Å². The number of ether oxygens (including phenoxy) is 1. The summed E-state index contributed by atoms with van der Waals surface area (Å²) in [7, 11) is 0. The summed E-state index contributed by atoms with van der Waals surface area (Å²) in [6.45, 7) is 2.71. The fraction of sp³-hybridized carbons (Fsp3) is 0.462. The van der Waals surface area contributed by atoms with Crippen LogP contribution in [0.4, 0.5) is 5.69 Å². The number of nitrogens with two attached hydrogens (primary N) is 1. The Balaban J connectivity index is 1.93. The second kappa shape index (κ2) is 6.50. The van der Waals surface area contributed by atoms with Crippen LogP contribution < -0.4 is 11.1 Å². The van der Waals surface area contributed by atoms with E-state index in [2.05, 4.69) is 21.2 Å². The topological polar surface area (TPSA) is 47.3 Å². The molecule has 1 unspecified atom stereocenters. The van der Waals surface area contributed by atoms with Crippen molar-refractivity contribution >= 4 is 38.8 Å². The molecule has 98 valence electrons. The van der Waals surface area contributed by atoms with Crippen LogP contribution in [0, 0.1) is 5.92 Å².